The summed E-state index contributed by atoms with van der Waals surface area (Å²) in [5.74, 6) is -0.427. The molecule has 0 N–H and O–H groups in total. The lowest BCUT2D eigenvalue weighted by molar-refractivity contribution is -0.144. The van der Waals surface area contributed by atoms with Crippen LogP contribution in [0.15, 0.2) is 48.5 Å². The zero-order chi connectivity index (χ0) is 18.1. The fraction of sp³-hybridized carbons (Fsp3) is 0.250. The Morgan fingerprint density at radius 1 is 1.00 bits per heavy atom. The van der Waals surface area contributed by atoms with E-state index in [2.05, 4.69) is 6.92 Å². The van der Waals surface area contributed by atoms with Gasteiger partial charge in [0.05, 0.1) is 11.6 Å². The molecule has 0 radical (unpaired) electrons. The molecule has 0 aliphatic carbocycles. The number of hydrogen-bond acceptors (Lipinski definition) is 5. The van der Waals surface area contributed by atoms with E-state index in [-0.39, 0.29) is 19.0 Å². The molecule has 5 nitrogen and oxygen atoms in total. The van der Waals surface area contributed by atoms with Crippen molar-refractivity contribution in [2.24, 2.45) is 0 Å². The molecule has 5 heteroatoms. The van der Waals surface area contributed by atoms with Crippen LogP contribution in [0.25, 0.3) is 0 Å². The van der Waals surface area contributed by atoms with Gasteiger partial charge in [-0.15, -0.1) is 0 Å². The Hall–Kier alpha value is -3.13. The van der Waals surface area contributed by atoms with E-state index in [0.717, 1.165) is 12.8 Å². The minimum absolute atomic E-state index is 0.255. The number of benzene rings is 2. The molecule has 0 saturated carbocycles. The highest BCUT2D eigenvalue weighted by Gasteiger charge is 2.10. The van der Waals surface area contributed by atoms with Crippen molar-refractivity contribution in [2.45, 2.75) is 19.8 Å². The summed E-state index contributed by atoms with van der Waals surface area (Å²) in [5, 5.41) is 8.71. The van der Waals surface area contributed by atoms with Gasteiger partial charge in [0.25, 0.3) is 0 Å². The van der Waals surface area contributed by atoms with Crippen LogP contribution in [-0.2, 0) is 16.0 Å². The van der Waals surface area contributed by atoms with E-state index in [1.165, 1.54) is 5.56 Å². The molecule has 25 heavy (non-hydrogen) atoms. The number of ketones is 1. The van der Waals surface area contributed by atoms with Crippen LogP contribution in [0.1, 0.15) is 34.8 Å². The number of rotatable bonds is 8. The van der Waals surface area contributed by atoms with Crippen molar-refractivity contribution in [3.05, 3.63) is 65.2 Å². The molecule has 0 fully saturated rings. The van der Waals surface area contributed by atoms with Crippen LogP contribution >= 0.6 is 0 Å². The maximum absolute atomic E-state index is 12.0. The van der Waals surface area contributed by atoms with Crippen molar-refractivity contribution >= 4 is 11.8 Å². The van der Waals surface area contributed by atoms with Crippen molar-refractivity contribution in [3.63, 3.8) is 0 Å². The van der Waals surface area contributed by atoms with Gasteiger partial charge in [-0.1, -0.05) is 37.6 Å². The summed E-state index contributed by atoms with van der Waals surface area (Å²) in [6.07, 6.45) is 2.01. The van der Waals surface area contributed by atoms with Crippen LogP contribution in [-0.4, -0.2) is 25.0 Å². The van der Waals surface area contributed by atoms with Gasteiger partial charge in [-0.3, -0.25) is 4.79 Å². The number of Topliss-reactive ketones (excluding diaryl/α,β-unsaturated/α-hetero) is 1. The number of ether oxygens (including phenoxy) is 2. The first-order chi connectivity index (χ1) is 12.1. The largest absolute Gasteiger partial charge is 0.482 e. The fourth-order valence-corrected chi connectivity index (χ4v) is 2.18. The number of aryl methyl sites for hydroxylation is 1. The van der Waals surface area contributed by atoms with E-state index in [4.69, 9.17) is 14.7 Å². The van der Waals surface area contributed by atoms with Gasteiger partial charge >= 0.3 is 5.97 Å². The van der Waals surface area contributed by atoms with Gasteiger partial charge in [-0.05, 0) is 36.2 Å². The fourth-order valence-electron chi connectivity index (χ4n) is 2.18. The lowest BCUT2D eigenvalue weighted by Gasteiger charge is -2.07. The first-order valence-electron chi connectivity index (χ1n) is 8.03. The highest BCUT2D eigenvalue weighted by atomic mass is 16.6. The predicted molar refractivity (Wildman–Crippen MR) is 92.4 cm³/mol. The molecule has 2 aromatic carbocycles. The molecular formula is C20H19NO4. The van der Waals surface area contributed by atoms with Gasteiger partial charge in [-0.2, -0.15) is 5.26 Å². The molecule has 0 aliphatic heterocycles. The number of nitriles is 1. The first-order valence-corrected chi connectivity index (χ1v) is 8.03. The molecule has 0 unspecified atom stereocenters. The Morgan fingerprint density at radius 2 is 1.68 bits per heavy atom. The molecule has 0 aliphatic rings. The second-order valence-electron chi connectivity index (χ2n) is 5.46. The van der Waals surface area contributed by atoms with E-state index in [0.29, 0.717) is 16.9 Å². The van der Waals surface area contributed by atoms with Crippen LogP contribution < -0.4 is 4.74 Å². The van der Waals surface area contributed by atoms with Crippen molar-refractivity contribution in [3.8, 4) is 11.8 Å². The van der Waals surface area contributed by atoms with Gasteiger partial charge in [0.15, 0.2) is 19.0 Å². The highest BCUT2D eigenvalue weighted by Crippen LogP contribution is 2.11. The summed E-state index contributed by atoms with van der Waals surface area (Å²) in [5.41, 5.74) is 2.19. The number of carbonyl (C=O) groups excluding carboxylic acids is 2. The van der Waals surface area contributed by atoms with Gasteiger partial charge in [0.1, 0.15) is 5.75 Å². The Morgan fingerprint density at radius 3 is 2.28 bits per heavy atom. The quantitative estimate of drug-likeness (QED) is 0.545. The monoisotopic (exact) mass is 337 g/mol. The lowest BCUT2D eigenvalue weighted by atomic mass is 10.1. The standard InChI is InChI=1S/C20H19NO4/c1-2-3-15-4-8-17(9-5-15)19(22)13-25-20(23)14-24-18-10-6-16(12-21)7-11-18/h4-11H,2-3,13-14H2,1H3. The van der Waals surface area contributed by atoms with Crippen LogP contribution in [0.3, 0.4) is 0 Å². The molecule has 0 aromatic heterocycles. The van der Waals surface area contributed by atoms with E-state index < -0.39 is 5.97 Å². The van der Waals surface area contributed by atoms with Crippen LogP contribution in [0.5, 0.6) is 5.75 Å². The van der Waals surface area contributed by atoms with E-state index in [1.54, 1.807) is 36.4 Å². The molecule has 0 bridgehead atoms. The SMILES string of the molecule is CCCc1ccc(C(=O)COC(=O)COc2ccc(C#N)cc2)cc1. The normalized spacial score (nSPS) is 9.92. The molecule has 0 amide bonds. The molecule has 2 aromatic rings. The summed E-state index contributed by atoms with van der Waals surface area (Å²) in [7, 11) is 0. The first kappa shape index (κ1) is 18.2. The Balaban J connectivity index is 1.76. The minimum Gasteiger partial charge on any atom is -0.482 e. The van der Waals surface area contributed by atoms with Gasteiger partial charge in [0, 0.05) is 5.56 Å². The van der Waals surface area contributed by atoms with Crippen molar-refractivity contribution in [1.82, 2.24) is 0 Å². The maximum atomic E-state index is 12.0. The maximum Gasteiger partial charge on any atom is 0.344 e. The third kappa shape index (κ3) is 5.78. The average molecular weight is 337 g/mol. The number of nitrogens with zero attached hydrogens (tertiary/aromatic N) is 1. The van der Waals surface area contributed by atoms with Crippen LogP contribution in [0.2, 0.25) is 0 Å². The summed E-state index contributed by atoms with van der Waals surface area (Å²) >= 11 is 0. The molecule has 0 atom stereocenters. The number of hydrogen-bond donors (Lipinski definition) is 0. The van der Waals surface area contributed by atoms with Gasteiger partial charge in [0.2, 0.25) is 0 Å². The second kappa shape index (κ2) is 9.24. The Labute approximate surface area is 146 Å². The highest BCUT2D eigenvalue weighted by molar-refractivity contribution is 5.98. The Bertz CT molecular complexity index is 758. The van der Waals surface area contributed by atoms with E-state index in [1.807, 2.05) is 18.2 Å². The molecule has 2 rings (SSSR count). The zero-order valence-electron chi connectivity index (χ0n) is 14.0. The van der Waals surface area contributed by atoms with Crippen molar-refractivity contribution in [1.29, 1.82) is 5.26 Å². The summed E-state index contributed by atoms with van der Waals surface area (Å²) in [6.45, 7) is 1.48. The topological polar surface area (TPSA) is 76.4 Å². The lowest BCUT2D eigenvalue weighted by Crippen LogP contribution is -2.19. The second-order valence-corrected chi connectivity index (χ2v) is 5.46. The zero-order valence-corrected chi connectivity index (χ0v) is 14.0. The summed E-state index contributed by atoms with van der Waals surface area (Å²) < 4.78 is 10.2. The Kier molecular flexibility index (Phi) is 6.73. The van der Waals surface area contributed by atoms with Gasteiger partial charge in [-0.25, -0.2) is 4.79 Å². The molecular weight excluding hydrogens is 318 g/mol. The third-order valence-corrected chi connectivity index (χ3v) is 3.52. The minimum atomic E-state index is -0.625. The van der Waals surface area contributed by atoms with E-state index >= 15 is 0 Å². The van der Waals surface area contributed by atoms with Crippen LogP contribution in [0.4, 0.5) is 0 Å². The van der Waals surface area contributed by atoms with Crippen LogP contribution in [0, 0.1) is 11.3 Å². The summed E-state index contributed by atoms with van der Waals surface area (Å²) in [4.78, 5) is 23.7. The smallest absolute Gasteiger partial charge is 0.344 e. The predicted octanol–water partition coefficient (Wildman–Crippen LogP) is 3.32. The average Bonchev–Trinajstić information content (AvgIpc) is 2.65. The third-order valence-electron chi connectivity index (χ3n) is 3.52. The van der Waals surface area contributed by atoms with Crippen molar-refractivity contribution < 1.29 is 19.1 Å². The molecule has 0 spiro atoms. The van der Waals surface area contributed by atoms with E-state index in [9.17, 15) is 9.59 Å². The molecule has 0 heterocycles. The number of carbonyl (C=O) groups is 2. The molecule has 128 valence electrons. The van der Waals surface area contributed by atoms with Crippen molar-refractivity contribution in [2.75, 3.05) is 13.2 Å². The number of esters is 1. The summed E-state index contributed by atoms with van der Waals surface area (Å²) in [6, 6.07) is 15.7. The molecule has 0 saturated heterocycles. The van der Waals surface area contributed by atoms with Gasteiger partial charge < -0.3 is 9.47 Å².